The summed E-state index contributed by atoms with van der Waals surface area (Å²) in [5, 5.41) is 8.92. The van der Waals surface area contributed by atoms with Crippen LogP contribution in [0.5, 0.6) is 0 Å². The normalized spacial score (nSPS) is 30.7. The van der Waals surface area contributed by atoms with Gasteiger partial charge in [-0.15, -0.1) is 0 Å². The van der Waals surface area contributed by atoms with E-state index >= 15 is 0 Å². The average molecular weight is 254 g/mol. The molecule has 0 aromatic carbocycles. The van der Waals surface area contributed by atoms with Crippen molar-refractivity contribution in [2.75, 3.05) is 26.7 Å². The third kappa shape index (κ3) is 3.69. The lowest BCUT2D eigenvalue weighted by Gasteiger charge is -2.34. The van der Waals surface area contributed by atoms with Crippen molar-refractivity contribution in [3.8, 4) is 0 Å². The Morgan fingerprint density at radius 2 is 1.94 bits per heavy atom. The molecule has 0 aromatic rings. The lowest BCUT2D eigenvalue weighted by atomic mass is 10.00. The van der Waals surface area contributed by atoms with Crippen LogP contribution in [0.25, 0.3) is 0 Å². The predicted molar refractivity (Wildman–Crippen MR) is 71.7 cm³/mol. The monoisotopic (exact) mass is 254 g/mol. The first kappa shape index (κ1) is 13.8. The summed E-state index contributed by atoms with van der Waals surface area (Å²) in [5.74, 6) is -0.651. The highest BCUT2D eigenvalue weighted by atomic mass is 16.4. The summed E-state index contributed by atoms with van der Waals surface area (Å²) in [5.41, 5.74) is 0. The molecule has 0 radical (unpaired) electrons. The fraction of sp³-hybridized carbons (Fsp3) is 0.929. The van der Waals surface area contributed by atoms with Crippen molar-refractivity contribution in [2.24, 2.45) is 0 Å². The molecule has 1 N–H and O–H groups in total. The van der Waals surface area contributed by atoms with Crippen molar-refractivity contribution in [3.05, 3.63) is 0 Å². The lowest BCUT2D eigenvalue weighted by molar-refractivity contribution is -0.138. The quantitative estimate of drug-likeness (QED) is 0.812. The first-order valence-corrected chi connectivity index (χ1v) is 7.33. The second-order valence-corrected chi connectivity index (χ2v) is 5.85. The molecule has 2 fully saturated rings. The fourth-order valence-corrected chi connectivity index (χ4v) is 3.45. The zero-order valence-electron chi connectivity index (χ0n) is 11.5. The molecular weight excluding hydrogens is 228 g/mol. The van der Waals surface area contributed by atoms with Gasteiger partial charge in [0.05, 0.1) is 6.42 Å². The highest BCUT2D eigenvalue weighted by Crippen LogP contribution is 2.23. The van der Waals surface area contributed by atoms with Crippen molar-refractivity contribution in [3.63, 3.8) is 0 Å². The lowest BCUT2D eigenvalue weighted by Crippen LogP contribution is -2.40. The summed E-state index contributed by atoms with van der Waals surface area (Å²) >= 11 is 0. The molecular formula is C14H26N2O2. The number of carboxylic acid groups (broad SMARTS) is 1. The van der Waals surface area contributed by atoms with Gasteiger partial charge in [-0.05, 0) is 58.8 Å². The third-order valence-electron chi connectivity index (χ3n) is 4.58. The largest absolute Gasteiger partial charge is 0.481 e. The number of carboxylic acids is 1. The van der Waals surface area contributed by atoms with Gasteiger partial charge in [-0.1, -0.05) is 6.42 Å². The molecule has 0 amide bonds. The van der Waals surface area contributed by atoms with Gasteiger partial charge in [0.15, 0.2) is 0 Å². The van der Waals surface area contributed by atoms with Gasteiger partial charge in [-0.25, -0.2) is 0 Å². The minimum Gasteiger partial charge on any atom is -0.481 e. The number of aliphatic carboxylic acids is 1. The van der Waals surface area contributed by atoms with Crippen LogP contribution in [0.15, 0.2) is 0 Å². The summed E-state index contributed by atoms with van der Waals surface area (Å²) < 4.78 is 0. The van der Waals surface area contributed by atoms with Crippen molar-refractivity contribution in [1.82, 2.24) is 9.80 Å². The van der Waals surface area contributed by atoms with Crippen molar-refractivity contribution in [1.29, 1.82) is 0 Å². The molecule has 4 heteroatoms. The van der Waals surface area contributed by atoms with Crippen molar-refractivity contribution in [2.45, 2.75) is 57.0 Å². The molecule has 2 rings (SSSR count). The average Bonchev–Trinajstić information content (AvgIpc) is 2.75. The minimum atomic E-state index is -0.651. The number of rotatable bonds is 5. The predicted octanol–water partition coefficient (Wildman–Crippen LogP) is 1.80. The molecule has 0 aliphatic carbocycles. The van der Waals surface area contributed by atoms with Gasteiger partial charge in [0.1, 0.15) is 0 Å². The summed E-state index contributed by atoms with van der Waals surface area (Å²) in [6.45, 7) is 3.39. The van der Waals surface area contributed by atoms with Crippen LogP contribution < -0.4 is 0 Å². The minimum absolute atomic E-state index is 0.288. The maximum atomic E-state index is 10.8. The van der Waals surface area contributed by atoms with Gasteiger partial charge in [0.2, 0.25) is 0 Å². The van der Waals surface area contributed by atoms with E-state index in [4.69, 9.17) is 5.11 Å². The van der Waals surface area contributed by atoms with Crippen LogP contribution in [0.2, 0.25) is 0 Å². The Hall–Kier alpha value is -0.610. The molecule has 2 saturated heterocycles. The van der Waals surface area contributed by atoms with Gasteiger partial charge >= 0.3 is 5.97 Å². The Labute approximate surface area is 110 Å². The van der Waals surface area contributed by atoms with Crippen LogP contribution in [-0.4, -0.2) is 59.6 Å². The molecule has 18 heavy (non-hydrogen) atoms. The Balaban J connectivity index is 1.76. The molecule has 2 aliphatic rings. The second-order valence-electron chi connectivity index (χ2n) is 5.85. The Morgan fingerprint density at radius 3 is 2.67 bits per heavy atom. The number of piperidine rings is 1. The zero-order chi connectivity index (χ0) is 13.0. The van der Waals surface area contributed by atoms with E-state index in [9.17, 15) is 4.79 Å². The molecule has 2 aliphatic heterocycles. The maximum Gasteiger partial charge on any atom is 0.304 e. The first-order chi connectivity index (χ1) is 8.66. The Kier molecular flexibility index (Phi) is 5.01. The molecule has 0 spiro atoms. The van der Waals surface area contributed by atoms with Crippen LogP contribution in [0, 0.1) is 0 Å². The number of carbonyl (C=O) groups is 1. The van der Waals surface area contributed by atoms with Gasteiger partial charge in [0, 0.05) is 12.1 Å². The summed E-state index contributed by atoms with van der Waals surface area (Å²) in [7, 11) is 2.22. The van der Waals surface area contributed by atoms with E-state index < -0.39 is 5.97 Å². The Morgan fingerprint density at radius 1 is 1.17 bits per heavy atom. The van der Waals surface area contributed by atoms with Gasteiger partial charge in [-0.3, -0.25) is 9.69 Å². The van der Waals surface area contributed by atoms with E-state index in [2.05, 4.69) is 16.8 Å². The van der Waals surface area contributed by atoms with E-state index in [1.54, 1.807) is 0 Å². The molecule has 2 atom stereocenters. The molecule has 0 bridgehead atoms. The third-order valence-corrected chi connectivity index (χ3v) is 4.58. The number of hydrogen-bond acceptors (Lipinski definition) is 3. The highest BCUT2D eigenvalue weighted by Gasteiger charge is 2.27. The van der Waals surface area contributed by atoms with E-state index in [0.29, 0.717) is 12.5 Å². The molecule has 0 saturated carbocycles. The SMILES string of the molecule is CN1CCCCC1CCN1CCCC1CC(=O)O. The summed E-state index contributed by atoms with van der Waals surface area (Å²) in [4.78, 5) is 15.7. The van der Waals surface area contributed by atoms with Gasteiger partial charge in [0.25, 0.3) is 0 Å². The topological polar surface area (TPSA) is 43.8 Å². The zero-order valence-corrected chi connectivity index (χ0v) is 11.5. The van der Waals surface area contributed by atoms with E-state index in [-0.39, 0.29) is 6.04 Å². The smallest absolute Gasteiger partial charge is 0.304 e. The molecule has 0 aromatic heterocycles. The summed E-state index contributed by atoms with van der Waals surface area (Å²) in [6, 6.07) is 1.00. The highest BCUT2D eigenvalue weighted by molar-refractivity contribution is 5.67. The maximum absolute atomic E-state index is 10.8. The van der Waals surface area contributed by atoms with Crippen molar-refractivity contribution >= 4 is 5.97 Å². The summed E-state index contributed by atoms with van der Waals surface area (Å²) in [6.07, 6.45) is 7.75. The van der Waals surface area contributed by atoms with E-state index in [1.165, 1.54) is 38.6 Å². The molecule has 2 heterocycles. The first-order valence-electron chi connectivity index (χ1n) is 7.33. The van der Waals surface area contributed by atoms with Crippen LogP contribution in [0.1, 0.15) is 44.9 Å². The van der Waals surface area contributed by atoms with Gasteiger partial charge in [-0.2, -0.15) is 0 Å². The molecule has 2 unspecified atom stereocenters. The van der Waals surface area contributed by atoms with Crippen molar-refractivity contribution < 1.29 is 9.90 Å². The second kappa shape index (κ2) is 6.53. The van der Waals surface area contributed by atoms with E-state index in [1.807, 2.05) is 0 Å². The number of hydrogen-bond donors (Lipinski definition) is 1. The van der Waals surface area contributed by atoms with Crippen LogP contribution in [-0.2, 0) is 4.79 Å². The van der Waals surface area contributed by atoms with Crippen LogP contribution >= 0.6 is 0 Å². The standard InChI is InChI=1S/C14H26N2O2/c1-15-8-3-2-5-12(15)7-10-16-9-4-6-13(16)11-14(17)18/h12-13H,2-11H2,1H3,(H,17,18). The Bertz CT molecular complexity index is 283. The van der Waals surface area contributed by atoms with Gasteiger partial charge < -0.3 is 10.0 Å². The van der Waals surface area contributed by atoms with E-state index in [0.717, 1.165) is 19.5 Å². The molecule has 104 valence electrons. The molecule has 4 nitrogen and oxygen atoms in total. The number of nitrogens with zero attached hydrogens (tertiary/aromatic N) is 2. The van der Waals surface area contributed by atoms with Crippen LogP contribution in [0.3, 0.4) is 0 Å². The van der Waals surface area contributed by atoms with Crippen LogP contribution in [0.4, 0.5) is 0 Å². The number of likely N-dealkylation sites (tertiary alicyclic amines) is 2. The fourth-order valence-electron chi connectivity index (χ4n) is 3.45.